The Hall–Kier alpha value is -4.05. The fraction of sp³-hybridized carbons (Fsp3) is 0.136. The zero-order valence-electron chi connectivity index (χ0n) is 15.8. The molecule has 0 fully saturated rings. The molecule has 0 saturated carbocycles. The van der Waals surface area contributed by atoms with Crippen LogP contribution < -0.4 is 10.6 Å². The number of benzene rings is 2. The van der Waals surface area contributed by atoms with Crippen LogP contribution in [0.2, 0.25) is 0 Å². The molecule has 0 aliphatic carbocycles. The highest BCUT2D eigenvalue weighted by molar-refractivity contribution is 5.94. The summed E-state index contributed by atoms with van der Waals surface area (Å²) >= 11 is 0. The third kappa shape index (κ3) is 3.44. The summed E-state index contributed by atoms with van der Waals surface area (Å²) in [4.78, 5) is 16.8. The first-order valence-electron chi connectivity index (χ1n) is 9.20. The van der Waals surface area contributed by atoms with Crippen LogP contribution in [0.15, 0.2) is 54.6 Å². The van der Waals surface area contributed by atoms with Crippen LogP contribution >= 0.6 is 0 Å². The van der Waals surface area contributed by atoms with Gasteiger partial charge in [-0.3, -0.25) is 9.20 Å². The molecule has 29 heavy (non-hydrogen) atoms. The number of rotatable bonds is 5. The molecule has 2 aromatic heterocycles. The number of imidazole rings is 1. The smallest absolute Gasteiger partial charge is 0.251 e. The minimum atomic E-state index is -0.207. The molecule has 2 heterocycles. The molecule has 1 amide bonds. The second-order valence-corrected chi connectivity index (χ2v) is 6.69. The van der Waals surface area contributed by atoms with Crippen LogP contribution in [-0.2, 0) is 0 Å². The molecular weight excluding hydrogens is 366 g/mol. The van der Waals surface area contributed by atoms with E-state index >= 15 is 0 Å². The van der Waals surface area contributed by atoms with E-state index in [1.54, 1.807) is 12.1 Å². The normalized spacial score (nSPS) is 10.8. The predicted molar refractivity (Wildman–Crippen MR) is 111 cm³/mol. The number of amides is 1. The highest BCUT2D eigenvalue weighted by atomic mass is 16.3. The van der Waals surface area contributed by atoms with Crippen molar-refractivity contribution >= 4 is 28.4 Å². The summed E-state index contributed by atoms with van der Waals surface area (Å²) in [6, 6.07) is 18.0. The fourth-order valence-electron chi connectivity index (χ4n) is 3.31. The molecule has 0 saturated heterocycles. The number of aryl methyl sites for hydroxylation is 1. The molecule has 0 spiro atoms. The summed E-state index contributed by atoms with van der Waals surface area (Å²) < 4.78 is 1.93. The molecule has 0 unspecified atom stereocenters. The summed E-state index contributed by atoms with van der Waals surface area (Å²) in [7, 11) is 0. The second-order valence-electron chi connectivity index (χ2n) is 6.69. The number of phenolic OH excluding ortho intramolecular Hbond substituents is 1. The van der Waals surface area contributed by atoms with E-state index in [1.165, 1.54) is 12.1 Å². The summed E-state index contributed by atoms with van der Waals surface area (Å²) in [5.41, 5.74) is 4.22. The Bertz CT molecular complexity index is 1250. The van der Waals surface area contributed by atoms with Gasteiger partial charge in [0, 0.05) is 18.7 Å². The second kappa shape index (κ2) is 7.52. The molecule has 0 radical (unpaired) electrons. The fourth-order valence-corrected chi connectivity index (χ4v) is 3.31. The lowest BCUT2D eigenvalue weighted by Crippen LogP contribution is -2.29. The molecule has 0 aliphatic rings. The van der Waals surface area contributed by atoms with Gasteiger partial charge < -0.3 is 15.7 Å². The molecule has 0 atom stereocenters. The van der Waals surface area contributed by atoms with Crippen LogP contribution in [-0.4, -0.2) is 33.5 Å². The Labute approximate surface area is 167 Å². The highest BCUT2D eigenvalue weighted by Gasteiger charge is 2.14. The van der Waals surface area contributed by atoms with Crippen LogP contribution in [0.5, 0.6) is 5.75 Å². The van der Waals surface area contributed by atoms with E-state index in [-0.39, 0.29) is 11.7 Å². The van der Waals surface area contributed by atoms with Crippen LogP contribution in [0.4, 0.5) is 5.82 Å². The van der Waals surface area contributed by atoms with Crippen molar-refractivity contribution in [1.82, 2.24) is 14.7 Å². The number of aromatic nitrogens is 2. The Morgan fingerprint density at radius 2 is 1.93 bits per heavy atom. The number of phenols is 1. The van der Waals surface area contributed by atoms with E-state index in [0.717, 1.165) is 22.4 Å². The van der Waals surface area contributed by atoms with Gasteiger partial charge in [-0.2, -0.15) is 5.26 Å². The van der Waals surface area contributed by atoms with E-state index < -0.39 is 0 Å². The van der Waals surface area contributed by atoms with Gasteiger partial charge in [0.1, 0.15) is 17.6 Å². The largest absolute Gasteiger partial charge is 0.508 e. The Morgan fingerprint density at radius 3 is 2.69 bits per heavy atom. The first-order valence-corrected chi connectivity index (χ1v) is 9.20. The number of aromatic hydroxyl groups is 1. The van der Waals surface area contributed by atoms with Crippen molar-refractivity contribution in [3.8, 4) is 11.8 Å². The van der Waals surface area contributed by atoms with E-state index in [1.807, 2.05) is 41.7 Å². The van der Waals surface area contributed by atoms with Gasteiger partial charge in [0.05, 0.1) is 16.6 Å². The number of carbonyl (C=O) groups excluding carboxylic acids is 1. The number of fused-ring (bicyclic) bond motifs is 3. The van der Waals surface area contributed by atoms with Gasteiger partial charge in [-0.05, 0) is 55.0 Å². The zero-order chi connectivity index (χ0) is 20.4. The number of pyridine rings is 1. The number of nitrogens with one attached hydrogen (secondary N) is 2. The molecule has 144 valence electrons. The first-order chi connectivity index (χ1) is 14.1. The minimum absolute atomic E-state index is 0.121. The van der Waals surface area contributed by atoms with Gasteiger partial charge in [0.25, 0.3) is 5.91 Å². The maximum atomic E-state index is 12.2. The maximum Gasteiger partial charge on any atom is 0.251 e. The van der Waals surface area contributed by atoms with Crippen molar-refractivity contribution < 1.29 is 9.90 Å². The van der Waals surface area contributed by atoms with Gasteiger partial charge in [-0.25, -0.2) is 4.98 Å². The van der Waals surface area contributed by atoms with Gasteiger partial charge >= 0.3 is 0 Å². The van der Waals surface area contributed by atoms with Crippen LogP contribution in [0.3, 0.4) is 0 Å². The molecule has 7 nitrogen and oxygen atoms in total. The van der Waals surface area contributed by atoms with E-state index in [0.29, 0.717) is 29.9 Å². The summed E-state index contributed by atoms with van der Waals surface area (Å²) in [5.74, 6) is 0.723. The Morgan fingerprint density at radius 1 is 1.17 bits per heavy atom. The van der Waals surface area contributed by atoms with Crippen molar-refractivity contribution in [2.45, 2.75) is 6.92 Å². The molecule has 2 aromatic carbocycles. The summed E-state index contributed by atoms with van der Waals surface area (Å²) in [5, 5.41) is 25.0. The standard InChI is InChI=1S/C22H19N5O2/c1-14-12-20(24-10-11-25-22(29)15-6-8-16(28)9-7-15)27-19-5-3-2-4-18(19)26-21(27)17(14)13-23/h2-9,12,24,28H,10-11H2,1H3,(H,25,29). The Balaban J connectivity index is 1.54. The third-order valence-electron chi connectivity index (χ3n) is 4.73. The van der Waals surface area contributed by atoms with Crippen LogP contribution in [0.25, 0.3) is 16.7 Å². The zero-order valence-corrected chi connectivity index (χ0v) is 15.8. The first kappa shape index (κ1) is 18.3. The summed E-state index contributed by atoms with van der Waals surface area (Å²) in [6.45, 7) is 2.79. The van der Waals surface area contributed by atoms with E-state index in [9.17, 15) is 15.2 Å². The predicted octanol–water partition coefficient (Wildman–Crippen LogP) is 3.22. The molecular formula is C22H19N5O2. The van der Waals surface area contributed by atoms with Crippen LogP contribution in [0, 0.1) is 18.3 Å². The summed E-state index contributed by atoms with van der Waals surface area (Å²) in [6.07, 6.45) is 0. The number of anilines is 1. The lowest BCUT2D eigenvalue weighted by atomic mass is 10.1. The number of nitriles is 1. The topological polar surface area (TPSA) is 102 Å². The monoisotopic (exact) mass is 385 g/mol. The lowest BCUT2D eigenvalue weighted by Gasteiger charge is -2.13. The highest BCUT2D eigenvalue weighted by Crippen LogP contribution is 2.26. The molecule has 7 heteroatoms. The number of hydrogen-bond acceptors (Lipinski definition) is 5. The number of nitrogens with zero attached hydrogens (tertiary/aromatic N) is 3. The molecule has 0 aliphatic heterocycles. The van der Waals surface area contributed by atoms with Gasteiger partial charge in [-0.1, -0.05) is 12.1 Å². The van der Waals surface area contributed by atoms with Crippen molar-refractivity contribution in [3.63, 3.8) is 0 Å². The number of hydrogen-bond donors (Lipinski definition) is 3. The molecule has 3 N–H and O–H groups in total. The van der Waals surface area contributed by atoms with E-state index in [2.05, 4.69) is 21.7 Å². The van der Waals surface area contributed by atoms with Gasteiger partial charge in [0.15, 0.2) is 5.65 Å². The number of carbonyl (C=O) groups is 1. The maximum absolute atomic E-state index is 12.2. The third-order valence-corrected chi connectivity index (χ3v) is 4.73. The van der Waals surface area contributed by atoms with Crippen molar-refractivity contribution in [2.24, 2.45) is 0 Å². The lowest BCUT2D eigenvalue weighted by molar-refractivity contribution is 0.0955. The van der Waals surface area contributed by atoms with E-state index in [4.69, 9.17) is 0 Å². The quantitative estimate of drug-likeness (QED) is 0.458. The SMILES string of the molecule is Cc1cc(NCCNC(=O)c2ccc(O)cc2)n2c(nc3ccccc32)c1C#N. The molecule has 4 rings (SSSR count). The van der Waals surface area contributed by atoms with Gasteiger partial charge in [0.2, 0.25) is 0 Å². The van der Waals surface area contributed by atoms with Crippen LogP contribution in [0.1, 0.15) is 21.5 Å². The number of para-hydroxylation sites is 2. The van der Waals surface area contributed by atoms with Crippen molar-refractivity contribution in [1.29, 1.82) is 5.26 Å². The van der Waals surface area contributed by atoms with Gasteiger partial charge in [-0.15, -0.1) is 0 Å². The minimum Gasteiger partial charge on any atom is -0.508 e. The van der Waals surface area contributed by atoms with Crippen molar-refractivity contribution in [3.05, 3.63) is 71.3 Å². The average molecular weight is 385 g/mol. The Kier molecular flexibility index (Phi) is 4.75. The molecule has 4 aromatic rings. The average Bonchev–Trinajstić information content (AvgIpc) is 3.11. The molecule has 0 bridgehead atoms. The van der Waals surface area contributed by atoms with Crippen molar-refractivity contribution in [2.75, 3.05) is 18.4 Å².